The zero-order chi connectivity index (χ0) is 13.5. The minimum absolute atomic E-state index is 0.227. The van der Waals surface area contributed by atoms with E-state index < -0.39 is 16.2 Å². The second-order valence-electron chi connectivity index (χ2n) is 3.70. The van der Waals surface area contributed by atoms with Crippen molar-refractivity contribution in [1.29, 1.82) is 0 Å². The summed E-state index contributed by atoms with van der Waals surface area (Å²) in [5.41, 5.74) is 0.443. The molecule has 0 bridgehead atoms. The highest BCUT2D eigenvalue weighted by Crippen LogP contribution is 2.11. The van der Waals surface area contributed by atoms with Crippen LogP contribution < -0.4 is 0 Å². The molecule has 0 aromatic rings. The molecule has 0 aromatic heterocycles. The van der Waals surface area contributed by atoms with Crippen molar-refractivity contribution in [2.75, 3.05) is 20.0 Å². The molecule has 0 heterocycles. The summed E-state index contributed by atoms with van der Waals surface area (Å²) in [5.74, 6) is -0.227. The zero-order valence-corrected chi connectivity index (χ0v) is 11.1. The lowest BCUT2D eigenvalue weighted by molar-refractivity contribution is 0.138. The topological polar surface area (TPSA) is 85.2 Å². The second kappa shape index (κ2) is 7.41. The van der Waals surface area contributed by atoms with Gasteiger partial charge in [0.1, 0.15) is 0 Å². The van der Waals surface area contributed by atoms with Crippen LogP contribution in [0.2, 0.25) is 0 Å². The van der Waals surface area contributed by atoms with E-state index in [1.165, 1.54) is 13.2 Å². The van der Waals surface area contributed by atoms with Gasteiger partial charge in [0.15, 0.2) is 0 Å². The molecular weight excluding hydrogens is 246 g/mol. The van der Waals surface area contributed by atoms with Crippen molar-refractivity contribution in [3.8, 4) is 0 Å². The fourth-order valence-electron chi connectivity index (χ4n) is 1.15. The van der Waals surface area contributed by atoms with Crippen molar-refractivity contribution in [2.45, 2.75) is 19.4 Å². The van der Waals surface area contributed by atoms with Crippen LogP contribution in [0.5, 0.6) is 0 Å². The molecule has 2 unspecified atom stereocenters. The van der Waals surface area contributed by atoms with Crippen molar-refractivity contribution >= 4 is 15.8 Å². The molecule has 0 radical (unpaired) electrons. The summed E-state index contributed by atoms with van der Waals surface area (Å²) in [5, 5.41) is 12.9. The number of hydrogen-bond acceptors (Lipinski definition) is 6. The molecule has 0 amide bonds. The predicted octanol–water partition coefficient (Wildman–Crippen LogP) is 0.538. The van der Waals surface area contributed by atoms with Crippen LogP contribution >= 0.6 is 0 Å². The Morgan fingerprint density at radius 2 is 2.18 bits per heavy atom. The van der Waals surface area contributed by atoms with Crippen LogP contribution in [-0.4, -0.2) is 45.3 Å². The van der Waals surface area contributed by atoms with Gasteiger partial charge in [0.05, 0.1) is 24.7 Å². The SMILES string of the molecule is C=CC(O)CC(COC)C(C)=NOS(C)(=O)=O. The van der Waals surface area contributed by atoms with Crippen molar-refractivity contribution in [3.63, 3.8) is 0 Å². The van der Waals surface area contributed by atoms with Crippen LogP contribution in [0.15, 0.2) is 17.8 Å². The number of aliphatic hydroxyl groups excluding tert-OH is 1. The summed E-state index contributed by atoms with van der Waals surface area (Å²) in [6.07, 6.45) is 1.96. The number of ether oxygens (including phenoxy) is 1. The molecule has 0 spiro atoms. The molecule has 0 saturated carbocycles. The largest absolute Gasteiger partial charge is 0.389 e. The van der Waals surface area contributed by atoms with Crippen LogP contribution in [0.1, 0.15) is 13.3 Å². The summed E-state index contributed by atoms with van der Waals surface area (Å²) in [6.45, 7) is 5.39. The van der Waals surface area contributed by atoms with Gasteiger partial charge in [-0.2, -0.15) is 8.42 Å². The summed E-state index contributed by atoms with van der Waals surface area (Å²) >= 11 is 0. The minimum atomic E-state index is -3.61. The average Bonchev–Trinajstić information content (AvgIpc) is 2.24. The molecule has 0 aliphatic carbocycles. The van der Waals surface area contributed by atoms with E-state index in [1.54, 1.807) is 6.92 Å². The molecular formula is C10H19NO5S. The third-order valence-corrected chi connectivity index (χ3v) is 2.42. The molecule has 0 saturated heterocycles. The van der Waals surface area contributed by atoms with Gasteiger partial charge in [-0.25, -0.2) is 0 Å². The van der Waals surface area contributed by atoms with Gasteiger partial charge in [0.25, 0.3) is 0 Å². The Labute approximate surface area is 102 Å². The summed E-state index contributed by atoms with van der Waals surface area (Å²) in [6, 6.07) is 0. The monoisotopic (exact) mass is 265 g/mol. The first-order valence-corrected chi connectivity index (χ1v) is 6.84. The summed E-state index contributed by atoms with van der Waals surface area (Å²) in [4.78, 5) is 0. The quantitative estimate of drug-likeness (QED) is 0.393. The van der Waals surface area contributed by atoms with Crippen LogP contribution in [0, 0.1) is 5.92 Å². The molecule has 0 aromatic carbocycles. The Kier molecular flexibility index (Phi) is 7.01. The molecule has 0 fully saturated rings. The lowest BCUT2D eigenvalue weighted by Crippen LogP contribution is -2.23. The van der Waals surface area contributed by atoms with Gasteiger partial charge >= 0.3 is 10.1 Å². The first kappa shape index (κ1) is 16.1. The Balaban J connectivity index is 4.63. The lowest BCUT2D eigenvalue weighted by atomic mass is 9.98. The summed E-state index contributed by atoms with van der Waals surface area (Å²) < 4.78 is 30.8. The molecule has 2 atom stereocenters. The first-order valence-electron chi connectivity index (χ1n) is 5.02. The van der Waals surface area contributed by atoms with Gasteiger partial charge in [-0.15, -0.1) is 6.58 Å². The molecule has 1 N–H and O–H groups in total. The number of rotatable bonds is 8. The number of nitrogens with zero attached hydrogens (tertiary/aromatic N) is 1. The fraction of sp³-hybridized carbons (Fsp3) is 0.700. The predicted molar refractivity (Wildman–Crippen MR) is 65.2 cm³/mol. The molecule has 17 heavy (non-hydrogen) atoms. The van der Waals surface area contributed by atoms with Crippen molar-refractivity contribution in [2.24, 2.45) is 11.1 Å². The molecule has 0 rings (SSSR count). The number of methoxy groups -OCH3 is 1. The average molecular weight is 265 g/mol. The second-order valence-corrected chi connectivity index (χ2v) is 5.26. The Morgan fingerprint density at radius 1 is 1.59 bits per heavy atom. The van der Waals surface area contributed by atoms with Gasteiger partial charge in [-0.3, -0.25) is 4.28 Å². The summed E-state index contributed by atoms with van der Waals surface area (Å²) in [7, 11) is -2.10. The van der Waals surface area contributed by atoms with Crippen molar-refractivity contribution in [3.05, 3.63) is 12.7 Å². The fourth-order valence-corrected chi connectivity index (χ4v) is 1.40. The maximum Gasteiger partial charge on any atom is 0.325 e. The van der Waals surface area contributed by atoms with E-state index in [0.717, 1.165) is 6.26 Å². The number of oxime groups is 1. The van der Waals surface area contributed by atoms with Crippen LogP contribution in [-0.2, 0) is 19.1 Å². The van der Waals surface area contributed by atoms with Crippen molar-refractivity contribution < 1.29 is 22.5 Å². The smallest absolute Gasteiger partial charge is 0.325 e. The van der Waals surface area contributed by atoms with Crippen LogP contribution in [0.4, 0.5) is 0 Å². The first-order chi connectivity index (χ1) is 7.80. The Bertz CT molecular complexity index is 363. The normalized spacial score (nSPS) is 16.4. The van der Waals surface area contributed by atoms with E-state index in [4.69, 9.17) is 4.74 Å². The standard InChI is InChI=1S/C10H19NO5S/c1-5-10(12)6-9(7-15-3)8(2)11-16-17(4,13)14/h5,9-10,12H,1,6-7H2,2-4H3. The van der Waals surface area contributed by atoms with Gasteiger partial charge in [-0.1, -0.05) is 11.2 Å². The van der Waals surface area contributed by atoms with Gasteiger partial charge in [-0.05, 0) is 13.3 Å². The maximum atomic E-state index is 10.8. The highest BCUT2D eigenvalue weighted by molar-refractivity contribution is 7.85. The van der Waals surface area contributed by atoms with Gasteiger partial charge in [0.2, 0.25) is 0 Å². The highest BCUT2D eigenvalue weighted by atomic mass is 32.2. The van der Waals surface area contributed by atoms with E-state index in [0.29, 0.717) is 18.7 Å². The van der Waals surface area contributed by atoms with Gasteiger partial charge < -0.3 is 9.84 Å². The molecule has 100 valence electrons. The van der Waals surface area contributed by atoms with E-state index in [-0.39, 0.29) is 5.92 Å². The lowest BCUT2D eigenvalue weighted by Gasteiger charge is -2.17. The van der Waals surface area contributed by atoms with E-state index in [2.05, 4.69) is 16.0 Å². The molecule has 6 nitrogen and oxygen atoms in total. The Morgan fingerprint density at radius 3 is 2.59 bits per heavy atom. The zero-order valence-electron chi connectivity index (χ0n) is 10.3. The molecule has 0 aliphatic heterocycles. The van der Waals surface area contributed by atoms with Crippen molar-refractivity contribution in [1.82, 2.24) is 0 Å². The number of hydrogen-bond donors (Lipinski definition) is 1. The maximum absolute atomic E-state index is 10.8. The van der Waals surface area contributed by atoms with Crippen LogP contribution in [0.25, 0.3) is 0 Å². The third kappa shape index (κ3) is 7.89. The van der Waals surface area contributed by atoms with Crippen LogP contribution in [0.3, 0.4) is 0 Å². The molecule has 0 aliphatic rings. The van der Waals surface area contributed by atoms with E-state index >= 15 is 0 Å². The van der Waals surface area contributed by atoms with Gasteiger partial charge in [0, 0.05) is 13.0 Å². The molecule has 7 heteroatoms. The Hall–Kier alpha value is -0.920. The number of aliphatic hydroxyl groups is 1. The highest BCUT2D eigenvalue weighted by Gasteiger charge is 2.17. The van der Waals surface area contributed by atoms with E-state index in [1.807, 2.05) is 0 Å². The minimum Gasteiger partial charge on any atom is -0.389 e. The third-order valence-electron chi connectivity index (χ3n) is 2.07. The van der Waals surface area contributed by atoms with E-state index in [9.17, 15) is 13.5 Å².